The number of benzene rings is 1. The lowest BCUT2D eigenvalue weighted by atomic mass is 10.2. The Morgan fingerprint density at radius 2 is 1.96 bits per heavy atom. The first-order chi connectivity index (χ1) is 13.0. The number of carbonyl (C=O) groups excluding carboxylic acids is 3. The van der Waals surface area contributed by atoms with Crippen molar-refractivity contribution in [2.45, 2.75) is 4.90 Å². The second kappa shape index (κ2) is 10.2. The summed E-state index contributed by atoms with van der Waals surface area (Å²) in [6.07, 6.45) is 1.92. The summed E-state index contributed by atoms with van der Waals surface area (Å²) >= 11 is 1.52. The van der Waals surface area contributed by atoms with E-state index in [1.54, 1.807) is 23.1 Å². The van der Waals surface area contributed by atoms with Gasteiger partial charge in [0.2, 0.25) is 5.91 Å². The molecular weight excluding hydrogens is 372 g/mol. The van der Waals surface area contributed by atoms with Gasteiger partial charge in [0, 0.05) is 25.0 Å². The maximum Gasteiger partial charge on any atom is 0.342 e. The van der Waals surface area contributed by atoms with E-state index in [1.165, 1.54) is 30.8 Å². The van der Waals surface area contributed by atoms with Crippen molar-refractivity contribution in [3.8, 4) is 5.75 Å². The summed E-state index contributed by atoms with van der Waals surface area (Å²) < 4.78 is 15.5. The Balaban J connectivity index is 1.86. The normalized spacial score (nSPS) is 13.8. The number of thioether (sulfide) groups is 1. The summed E-state index contributed by atoms with van der Waals surface area (Å²) in [5.41, 5.74) is 0.246. The number of amides is 2. The van der Waals surface area contributed by atoms with Gasteiger partial charge in [0.1, 0.15) is 11.3 Å². The van der Waals surface area contributed by atoms with Crippen molar-refractivity contribution in [3.05, 3.63) is 23.8 Å². The van der Waals surface area contributed by atoms with Gasteiger partial charge in [0.15, 0.2) is 6.61 Å². The van der Waals surface area contributed by atoms with Crippen molar-refractivity contribution in [2.75, 3.05) is 59.9 Å². The Kier molecular flexibility index (Phi) is 7.93. The van der Waals surface area contributed by atoms with Gasteiger partial charge >= 0.3 is 5.97 Å². The van der Waals surface area contributed by atoms with Crippen LogP contribution in [0.1, 0.15) is 10.4 Å². The fraction of sp³-hybridized carbons (Fsp3) is 0.500. The first kappa shape index (κ1) is 21.0. The molecular formula is C18H24N2O6S. The third kappa shape index (κ3) is 5.86. The molecule has 0 N–H and O–H groups in total. The van der Waals surface area contributed by atoms with E-state index < -0.39 is 18.5 Å². The summed E-state index contributed by atoms with van der Waals surface area (Å²) in [7, 11) is 2.97. The van der Waals surface area contributed by atoms with Crippen molar-refractivity contribution < 1.29 is 28.6 Å². The maximum absolute atomic E-state index is 12.3. The van der Waals surface area contributed by atoms with Gasteiger partial charge in [-0.2, -0.15) is 0 Å². The number of ether oxygens (including phenoxy) is 3. The van der Waals surface area contributed by atoms with Gasteiger partial charge in [0.05, 0.1) is 26.9 Å². The molecule has 27 heavy (non-hydrogen) atoms. The zero-order valence-electron chi connectivity index (χ0n) is 15.7. The van der Waals surface area contributed by atoms with E-state index in [0.717, 1.165) is 4.90 Å². The molecule has 0 aromatic heterocycles. The number of nitrogens with zero attached hydrogens (tertiary/aromatic N) is 2. The number of hydrogen-bond donors (Lipinski definition) is 0. The first-order valence-electron chi connectivity index (χ1n) is 8.45. The Labute approximate surface area is 162 Å². The number of morpholine rings is 1. The number of hydrogen-bond acceptors (Lipinski definition) is 7. The lowest BCUT2D eigenvalue weighted by Gasteiger charge is -2.28. The zero-order chi connectivity index (χ0) is 19.8. The van der Waals surface area contributed by atoms with Gasteiger partial charge < -0.3 is 24.0 Å². The SMILES string of the molecule is COc1cc(SC)ccc1C(=O)OCC(=O)N(C)CC(=O)N1CCOCC1. The summed E-state index contributed by atoms with van der Waals surface area (Å²) in [6, 6.07) is 5.11. The highest BCUT2D eigenvalue weighted by molar-refractivity contribution is 7.98. The van der Waals surface area contributed by atoms with Gasteiger partial charge in [-0.3, -0.25) is 9.59 Å². The van der Waals surface area contributed by atoms with Crippen molar-refractivity contribution >= 4 is 29.5 Å². The summed E-state index contributed by atoms with van der Waals surface area (Å²) in [5.74, 6) is -0.879. The van der Waals surface area contributed by atoms with E-state index >= 15 is 0 Å². The average Bonchev–Trinajstić information content (AvgIpc) is 2.71. The smallest absolute Gasteiger partial charge is 0.342 e. The lowest BCUT2D eigenvalue weighted by molar-refractivity contribution is -0.143. The fourth-order valence-corrected chi connectivity index (χ4v) is 2.92. The lowest BCUT2D eigenvalue weighted by Crippen LogP contribution is -2.46. The van der Waals surface area contributed by atoms with Gasteiger partial charge in [-0.1, -0.05) is 0 Å². The molecule has 2 rings (SSSR count). The van der Waals surface area contributed by atoms with E-state index in [1.807, 2.05) is 6.26 Å². The fourth-order valence-electron chi connectivity index (χ4n) is 2.49. The average molecular weight is 396 g/mol. The monoisotopic (exact) mass is 396 g/mol. The molecule has 0 aliphatic carbocycles. The molecule has 9 heteroatoms. The Morgan fingerprint density at radius 3 is 2.59 bits per heavy atom. The largest absolute Gasteiger partial charge is 0.496 e. The predicted octanol–water partition coefficient (Wildman–Crippen LogP) is 0.891. The molecule has 8 nitrogen and oxygen atoms in total. The molecule has 0 atom stereocenters. The number of esters is 1. The Bertz CT molecular complexity index is 690. The molecule has 1 aromatic rings. The first-order valence-corrected chi connectivity index (χ1v) is 9.67. The van der Waals surface area contributed by atoms with E-state index in [4.69, 9.17) is 14.2 Å². The minimum atomic E-state index is -0.652. The van der Waals surface area contributed by atoms with E-state index in [0.29, 0.717) is 32.1 Å². The standard InChI is InChI=1S/C18H24N2O6S/c1-19(11-16(21)20-6-8-25-9-7-20)17(22)12-26-18(23)14-5-4-13(27-3)10-15(14)24-2/h4-5,10H,6-9,11-12H2,1-3H3. The molecule has 1 heterocycles. The minimum absolute atomic E-state index is 0.0673. The van der Waals surface area contributed by atoms with Crippen molar-refractivity contribution in [3.63, 3.8) is 0 Å². The molecule has 2 amide bonds. The molecule has 1 aliphatic rings. The predicted molar refractivity (Wildman–Crippen MR) is 100 cm³/mol. The quantitative estimate of drug-likeness (QED) is 0.500. The zero-order valence-corrected chi connectivity index (χ0v) is 16.5. The van der Waals surface area contributed by atoms with Crippen LogP contribution in [0.25, 0.3) is 0 Å². The second-order valence-corrected chi connectivity index (χ2v) is 6.76. The summed E-state index contributed by atoms with van der Waals surface area (Å²) in [4.78, 5) is 40.4. The number of rotatable bonds is 7. The van der Waals surface area contributed by atoms with E-state index in [2.05, 4.69) is 0 Å². The third-order valence-corrected chi connectivity index (χ3v) is 4.84. The number of carbonyl (C=O) groups is 3. The minimum Gasteiger partial charge on any atom is -0.496 e. The highest BCUT2D eigenvalue weighted by Gasteiger charge is 2.22. The maximum atomic E-state index is 12.3. The van der Waals surface area contributed by atoms with Crippen molar-refractivity contribution in [2.24, 2.45) is 0 Å². The van der Waals surface area contributed by atoms with Crippen LogP contribution in [-0.4, -0.2) is 87.5 Å². The molecule has 1 fully saturated rings. The Morgan fingerprint density at radius 1 is 1.26 bits per heavy atom. The van der Waals surface area contributed by atoms with Crippen LogP contribution in [-0.2, 0) is 19.1 Å². The molecule has 1 aromatic carbocycles. The van der Waals surface area contributed by atoms with Crippen molar-refractivity contribution in [1.82, 2.24) is 9.80 Å². The molecule has 1 aliphatic heterocycles. The van der Waals surface area contributed by atoms with Crippen LogP contribution in [0.3, 0.4) is 0 Å². The molecule has 0 radical (unpaired) electrons. The molecule has 0 spiro atoms. The van der Waals surface area contributed by atoms with Crippen LogP contribution < -0.4 is 4.74 Å². The summed E-state index contributed by atoms with van der Waals surface area (Å²) in [6.45, 7) is 1.51. The molecule has 0 bridgehead atoms. The van der Waals surface area contributed by atoms with Crippen LogP contribution in [0.15, 0.2) is 23.1 Å². The van der Waals surface area contributed by atoms with Crippen LogP contribution in [0.5, 0.6) is 5.75 Å². The van der Waals surface area contributed by atoms with Gasteiger partial charge in [-0.05, 0) is 24.5 Å². The van der Waals surface area contributed by atoms with E-state index in [9.17, 15) is 14.4 Å². The molecule has 0 unspecified atom stereocenters. The number of likely N-dealkylation sites (N-methyl/N-ethyl adjacent to an activating group) is 1. The third-order valence-electron chi connectivity index (χ3n) is 4.12. The highest BCUT2D eigenvalue weighted by Crippen LogP contribution is 2.25. The van der Waals surface area contributed by atoms with Gasteiger partial charge in [-0.15, -0.1) is 11.8 Å². The van der Waals surface area contributed by atoms with Crippen LogP contribution in [0, 0.1) is 0 Å². The summed E-state index contributed by atoms with van der Waals surface area (Å²) in [5, 5.41) is 0. The van der Waals surface area contributed by atoms with Crippen LogP contribution >= 0.6 is 11.8 Å². The van der Waals surface area contributed by atoms with Gasteiger partial charge in [-0.25, -0.2) is 4.79 Å². The van der Waals surface area contributed by atoms with Crippen molar-refractivity contribution in [1.29, 1.82) is 0 Å². The molecule has 0 saturated carbocycles. The topological polar surface area (TPSA) is 85.4 Å². The van der Waals surface area contributed by atoms with Gasteiger partial charge in [0.25, 0.3) is 5.91 Å². The highest BCUT2D eigenvalue weighted by atomic mass is 32.2. The number of methoxy groups -OCH3 is 1. The van der Waals surface area contributed by atoms with E-state index in [-0.39, 0.29) is 18.0 Å². The second-order valence-electron chi connectivity index (χ2n) is 5.89. The molecule has 148 valence electrons. The van der Waals surface area contributed by atoms with Crippen LogP contribution in [0.2, 0.25) is 0 Å². The molecule has 1 saturated heterocycles. The Hall–Kier alpha value is -2.26. The van der Waals surface area contributed by atoms with Crippen LogP contribution in [0.4, 0.5) is 0 Å².